The van der Waals surface area contributed by atoms with E-state index >= 15 is 0 Å². The molecule has 28 heavy (non-hydrogen) atoms. The zero-order valence-corrected chi connectivity index (χ0v) is 19.0. The Balaban J connectivity index is 1.59. The normalized spacial score (nSPS) is 37.5. The van der Waals surface area contributed by atoms with E-state index in [1.807, 2.05) is 25.3 Å². The summed E-state index contributed by atoms with van der Waals surface area (Å²) in [6, 6.07) is 9.15. The van der Waals surface area contributed by atoms with Crippen LogP contribution in [0.1, 0.15) is 63.2 Å². The molecule has 0 saturated heterocycles. The molecule has 5 atom stereocenters. The van der Waals surface area contributed by atoms with Crippen molar-refractivity contribution in [3.8, 4) is 0 Å². The van der Waals surface area contributed by atoms with Gasteiger partial charge < -0.3 is 0 Å². The topological polar surface area (TPSA) is 47.9 Å². The minimum absolute atomic E-state index is 0.0161. The molecule has 152 valence electrons. The van der Waals surface area contributed by atoms with Gasteiger partial charge in [0.15, 0.2) is 0 Å². The predicted octanol–water partition coefficient (Wildman–Crippen LogP) is 5.14. The van der Waals surface area contributed by atoms with E-state index in [1.165, 1.54) is 25.7 Å². The summed E-state index contributed by atoms with van der Waals surface area (Å²) in [5.41, 5.74) is 1.90. The molecule has 0 spiro atoms. The number of rotatable bonds is 5. The summed E-state index contributed by atoms with van der Waals surface area (Å²) in [7, 11) is 1.85. The van der Waals surface area contributed by atoms with Gasteiger partial charge in [-0.25, -0.2) is 0 Å². The average Bonchev–Trinajstić information content (AvgIpc) is 3.28. The third-order valence-corrected chi connectivity index (χ3v) is 11.4. The molecule has 5 heteroatoms. The van der Waals surface area contributed by atoms with Crippen molar-refractivity contribution >= 4 is 26.6 Å². The zero-order chi connectivity index (χ0) is 19.9. The van der Waals surface area contributed by atoms with Crippen molar-refractivity contribution in [2.75, 3.05) is 7.11 Å². The molecule has 0 amide bonds. The molecule has 1 aromatic rings. The number of carbonyl (C=O) groups excluding carboxylic acids is 1. The summed E-state index contributed by atoms with van der Waals surface area (Å²) >= 11 is 0.412. The summed E-state index contributed by atoms with van der Waals surface area (Å²) in [6.07, 6.45) is 6.48. The van der Waals surface area contributed by atoms with Gasteiger partial charge in [-0.05, 0) is 0 Å². The van der Waals surface area contributed by atoms with Gasteiger partial charge in [0, 0.05) is 0 Å². The van der Waals surface area contributed by atoms with Crippen LogP contribution < -0.4 is 0 Å². The van der Waals surface area contributed by atoms with Crippen LogP contribution in [0.4, 0.5) is 0 Å². The maximum atomic E-state index is 12.5. The third kappa shape index (κ3) is 3.16. The van der Waals surface area contributed by atoms with E-state index in [-0.39, 0.29) is 16.8 Å². The summed E-state index contributed by atoms with van der Waals surface area (Å²) in [5, 5.41) is 4.57. The monoisotopic (exact) mass is 449 g/mol. The Hall–Kier alpha value is -1.16. The molecule has 4 nitrogen and oxygen atoms in total. The fraction of sp³-hybridized carbons (Fsp3) is 0.652. The van der Waals surface area contributed by atoms with Crippen molar-refractivity contribution in [2.45, 2.75) is 68.6 Å². The van der Waals surface area contributed by atoms with Crippen LogP contribution in [0.3, 0.4) is 0 Å². The van der Waals surface area contributed by atoms with Gasteiger partial charge in [0.2, 0.25) is 0 Å². The molecule has 1 aromatic carbocycles. The quantitative estimate of drug-likeness (QED) is 0.356. The SMILES string of the molecule is COC1CCCC1[Se][C@@H]1/C(=N/OC(=O)c2ccccc2)[C@]2(C)CC[C@H]1C2(C)C. The number of methoxy groups -OCH3 is 1. The Labute approximate surface area is 174 Å². The summed E-state index contributed by atoms with van der Waals surface area (Å²) in [4.78, 5) is 19.1. The molecular weight excluding hydrogens is 417 g/mol. The van der Waals surface area contributed by atoms with Crippen LogP contribution in [0.5, 0.6) is 0 Å². The number of nitrogens with zero attached hydrogens (tertiary/aromatic N) is 1. The van der Waals surface area contributed by atoms with Crippen molar-refractivity contribution in [3.63, 3.8) is 0 Å². The van der Waals surface area contributed by atoms with Crippen LogP contribution in [0, 0.1) is 16.7 Å². The van der Waals surface area contributed by atoms with Gasteiger partial charge >= 0.3 is 175 Å². The van der Waals surface area contributed by atoms with Crippen LogP contribution in [-0.2, 0) is 9.57 Å². The first-order chi connectivity index (χ1) is 13.4. The van der Waals surface area contributed by atoms with Crippen molar-refractivity contribution in [1.29, 1.82) is 0 Å². The second-order valence-electron chi connectivity index (χ2n) is 9.22. The molecule has 3 aliphatic carbocycles. The van der Waals surface area contributed by atoms with Gasteiger partial charge in [-0.3, -0.25) is 0 Å². The van der Waals surface area contributed by atoms with Crippen molar-refractivity contribution < 1.29 is 14.4 Å². The fourth-order valence-corrected chi connectivity index (χ4v) is 10.2. The van der Waals surface area contributed by atoms with Crippen LogP contribution in [0.15, 0.2) is 35.5 Å². The van der Waals surface area contributed by atoms with E-state index in [2.05, 4.69) is 25.9 Å². The summed E-state index contributed by atoms with van der Waals surface area (Å²) < 4.78 is 5.77. The first kappa shape index (κ1) is 20.1. The molecule has 2 unspecified atom stereocenters. The Kier molecular flexibility index (Phi) is 5.45. The van der Waals surface area contributed by atoms with Crippen LogP contribution in [-0.4, -0.2) is 39.9 Å². The van der Waals surface area contributed by atoms with E-state index in [9.17, 15) is 4.79 Å². The number of hydrogen-bond acceptors (Lipinski definition) is 4. The van der Waals surface area contributed by atoms with Crippen LogP contribution in [0.25, 0.3) is 0 Å². The molecule has 3 aliphatic rings. The first-order valence-electron chi connectivity index (χ1n) is 10.4. The molecule has 2 bridgehead atoms. The molecule has 3 fully saturated rings. The molecule has 4 rings (SSSR count). The van der Waals surface area contributed by atoms with Gasteiger partial charge in [0.05, 0.1) is 0 Å². The number of hydrogen-bond donors (Lipinski definition) is 0. The second kappa shape index (κ2) is 7.59. The minimum atomic E-state index is -0.362. The molecule has 0 aromatic heterocycles. The number of carbonyl (C=O) groups is 1. The Morgan fingerprint density at radius 1 is 1.14 bits per heavy atom. The Bertz CT molecular complexity index is 762. The molecule has 0 radical (unpaired) electrons. The number of oxime groups is 1. The fourth-order valence-electron chi connectivity index (χ4n) is 5.56. The summed E-state index contributed by atoms with van der Waals surface area (Å²) in [5.74, 6) is 0.268. The summed E-state index contributed by atoms with van der Waals surface area (Å²) in [6.45, 7) is 7.11. The van der Waals surface area contributed by atoms with E-state index in [4.69, 9.17) is 9.57 Å². The maximum absolute atomic E-state index is 12.5. The van der Waals surface area contributed by atoms with Gasteiger partial charge in [0.1, 0.15) is 0 Å². The van der Waals surface area contributed by atoms with Gasteiger partial charge in [-0.15, -0.1) is 0 Å². The molecule has 0 N–H and O–H groups in total. The predicted molar refractivity (Wildman–Crippen MR) is 112 cm³/mol. The van der Waals surface area contributed by atoms with Crippen molar-refractivity contribution in [2.24, 2.45) is 21.9 Å². The standard InChI is InChI=1S/C23H31NO3Se/c1-22(2)16-13-14-23(22,3)20(19(16)28-18-12-8-11-17(18)26-4)24-27-21(25)15-9-6-5-7-10-15/h5-7,9-10,16-19H,8,11-14H2,1-4H3/b24-20-/t16-,17?,18?,19+,23+/m1/s1. The number of benzene rings is 1. The first-order valence-corrected chi connectivity index (χ1v) is 12.4. The van der Waals surface area contributed by atoms with E-state index < -0.39 is 0 Å². The van der Waals surface area contributed by atoms with Gasteiger partial charge in [0.25, 0.3) is 0 Å². The van der Waals surface area contributed by atoms with E-state index in [0.717, 1.165) is 12.1 Å². The number of ether oxygens (including phenoxy) is 1. The van der Waals surface area contributed by atoms with Crippen LogP contribution in [0.2, 0.25) is 9.63 Å². The molecular formula is C23H31NO3Se. The van der Waals surface area contributed by atoms with Crippen LogP contribution >= 0.6 is 0 Å². The second-order valence-corrected chi connectivity index (χ2v) is 12.1. The van der Waals surface area contributed by atoms with Crippen molar-refractivity contribution in [3.05, 3.63) is 35.9 Å². The van der Waals surface area contributed by atoms with Gasteiger partial charge in [-0.2, -0.15) is 0 Å². The van der Waals surface area contributed by atoms with Gasteiger partial charge in [-0.1, -0.05) is 0 Å². The molecule has 3 saturated carbocycles. The van der Waals surface area contributed by atoms with E-state index in [1.54, 1.807) is 12.1 Å². The molecule has 0 aliphatic heterocycles. The molecule has 0 heterocycles. The Morgan fingerprint density at radius 2 is 1.89 bits per heavy atom. The third-order valence-electron chi connectivity index (χ3n) is 7.76. The van der Waals surface area contributed by atoms with E-state index in [0.29, 0.717) is 42.2 Å². The average molecular weight is 448 g/mol. The number of fused-ring (bicyclic) bond motifs is 2. The Morgan fingerprint density at radius 3 is 2.61 bits per heavy atom. The zero-order valence-electron chi connectivity index (χ0n) is 17.3. The van der Waals surface area contributed by atoms with Crippen molar-refractivity contribution in [1.82, 2.24) is 0 Å².